The first-order chi connectivity index (χ1) is 38.5. The van der Waals surface area contributed by atoms with E-state index in [4.69, 9.17) is 14.2 Å². The Bertz CT molecular complexity index is 1300. The topological polar surface area (TPSA) is 78.9 Å². The molecule has 0 aromatic heterocycles. The first-order valence-corrected chi connectivity index (χ1v) is 35.0. The Morgan fingerprint density at radius 1 is 0.256 bits per heavy atom. The van der Waals surface area contributed by atoms with Gasteiger partial charge in [0.1, 0.15) is 13.2 Å². The van der Waals surface area contributed by atoms with Gasteiger partial charge in [0, 0.05) is 19.3 Å². The molecule has 0 aromatic carbocycles. The molecule has 0 fully saturated rings. The molecule has 0 aliphatic heterocycles. The van der Waals surface area contributed by atoms with Crippen LogP contribution in [-0.2, 0) is 28.6 Å². The van der Waals surface area contributed by atoms with Crippen LogP contribution in [0.1, 0.15) is 387 Å². The lowest BCUT2D eigenvalue weighted by atomic mass is 10.0. The molecule has 0 aliphatic rings. The third kappa shape index (κ3) is 64.5. The Balaban J connectivity index is 4.25. The van der Waals surface area contributed by atoms with Crippen LogP contribution < -0.4 is 0 Å². The Labute approximate surface area is 486 Å². The quantitative estimate of drug-likeness (QED) is 0.0261. The molecule has 458 valence electrons. The minimum absolute atomic E-state index is 0.0729. The van der Waals surface area contributed by atoms with Gasteiger partial charge < -0.3 is 14.2 Å². The zero-order valence-corrected chi connectivity index (χ0v) is 52.7. The molecule has 0 radical (unpaired) electrons. The molecule has 0 aliphatic carbocycles. The molecule has 78 heavy (non-hydrogen) atoms. The third-order valence-corrected chi connectivity index (χ3v) is 15.9. The van der Waals surface area contributed by atoms with Crippen molar-refractivity contribution in [3.63, 3.8) is 0 Å². The van der Waals surface area contributed by atoms with Gasteiger partial charge in [-0.25, -0.2) is 0 Å². The van der Waals surface area contributed by atoms with Crippen LogP contribution in [0, 0.1) is 0 Å². The molecular formula is C72H134O6. The van der Waals surface area contributed by atoms with Gasteiger partial charge >= 0.3 is 17.9 Å². The predicted molar refractivity (Wildman–Crippen MR) is 339 cm³/mol. The average Bonchev–Trinajstić information content (AvgIpc) is 3.44. The molecule has 0 saturated carbocycles. The second-order valence-corrected chi connectivity index (χ2v) is 23.8. The summed E-state index contributed by atoms with van der Waals surface area (Å²) in [6.07, 6.45) is 83.2. The van der Waals surface area contributed by atoms with Crippen LogP contribution in [0.3, 0.4) is 0 Å². The molecule has 0 rings (SSSR count). The van der Waals surface area contributed by atoms with Crippen molar-refractivity contribution in [1.82, 2.24) is 0 Å². The molecule has 1 unspecified atom stereocenters. The van der Waals surface area contributed by atoms with E-state index in [1.165, 1.54) is 270 Å². The van der Waals surface area contributed by atoms with Crippen LogP contribution in [0.2, 0.25) is 0 Å². The molecule has 0 amide bonds. The highest BCUT2D eigenvalue weighted by molar-refractivity contribution is 5.71. The van der Waals surface area contributed by atoms with Crippen LogP contribution in [0.15, 0.2) is 36.5 Å². The summed E-state index contributed by atoms with van der Waals surface area (Å²) in [6, 6.07) is 0. The highest BCUT2D eigenvalue weighted by Crippen LogP contribution is 2.18. The molecule has 0 N–H and O–H groups in total. The van der Waals surface area contributed by atoms with E-state index < -0.39 is 6.10 Å². The van der Waals surface area contributed by atoms with Crippen LogP contribution in [0.5, 0.6) is 0 Å². The Hall–Kier alpha value is -2.37. The van der Waals surface area contributed by atoms with E-state index in [0.717, 1.165) is 77.0 Å². The maximum Gasteiger partial charge on any atom is 0.306 e. The van der Waals surface area contributed by atoms with Crippen molar-refractivity contribution in [3.8, 4) is 0 Å². The van der Waals surface area contributed by atoms with Crippen molar-refractivity contribution in [3.05, 3.63) is 36.5 Å². The van der Waals surface area contributed by atoms with E-state index in [0.29, 0.717) is 19.3 Å². The molecule has 0 heterocycles. The first-order valence-electron chi connectivity index (χ1n) is 35.0. The van der Waals surface area contributed by atoms with Crippen molar-refractivity contribution in [1.29, 1.82) is 0 Å². The van der Waals surface area contributed by atoms with Crippen molar-refractivity contribution in [2.24, 2.45) is 0 Å². The summed E-state index contributed by atoms with van der Waals surface area (Å²) in [7, 11) is 0. The number of hydrogen-bond acceptors (Lipinski definition) is 6. The number of ether oxygens (including phenoxy) is 3. The molecule has 6 nitrogen and oxygen atoms in total. The SMILES string of the molecule is CCCC/C=C\C/C=C\CCCCCCCC(=O)OCC(COC(=O)CCCCCCCCCCCCCCCCCCCCCCCCCCC)OC(=O)CCCCCCCCCCC/C=C\CCCCCCCCCC. The zero-order chi connectivity index (χ0) is 56.4. The van der Waals surface area contributed by atoms with Crippen molar-refractivity contribution < 1.29 is 28.6 Å². The van der Waals surface area contributed by atoms with E-state index in [1.54, 1.807) is 0 Å². The van der Waals surface area contributed by atoms with E-state index in [-0.39, 0.29) is 31.1 Å². The number of unbranched alkanes of at least 4 members (excludes halogenated alkanes) is 48. The van der Waals surface area contributed by atoms with Gasteiger partial charge in [-0.1, -0.05) is 333 Å². The van der Waals surface area contributed by atoms with Crippen LogP contribution in [0.25, 0.3) is 0 Å². The lowest BCUT2D eigenvalue weighted by Gasteiger charge is -2.18. The molecule has 0 aromatic rings. The first kappa shape index (κ1) is 75.6. The average molecular weight is 1100 g/mol. The van der Waals surface area contributed by atoms with Gasteiger partial charge in [-0.05, 0) is 70.6 Å². The summed E-state index contributed by atoms with van der Waals surface area (Å²) in [5.74, 6) is -0.862. The fraction of sp³-hybridized carbons (Fsp3) is 0.875. The summed E-state index contributed by atoms with van der Waals surface area (Å²) in [4.78, 5) is 38.4. The number of hydrogen-bond donors (Lipinski definition) is 0. The van der Waals surface area contributed by atoms with Crippen LogP contribution in [-0.4, -0.2) is 37.2 Å². The second-order valence-electron chi connectivity index (χ2n) is 23.8. The fourth-order valence-corrected chi connectivity index (χ4v) is 10.6. The number of esters is 3. The van der Waals surface area contributed by atoms with Gasteiger partial charge in [0.15, 0.2) is 6.10 Å². The second kappa shape index (κ2) is 67.1. The number of carbonyl (C=O) groups excluding carboxylic acids is 3. The fourth-order valence-electron chi connectivity index (χ4n) is 10.6. The smallest absolute Gasteiger partial charge is 0.306 e. The molecule has 0 saturated heterocycles. The van der Waals surface area contributed by atoms with Crippen LogP contribution in [0.4, 0.5) is 0 Å². The summed E-state index contributed by atoms with van der Waals surface area (Å²) in [6.45, 7) is 6.66. The van der Waals surface area contributed by atoms with Gasteiger partial charge in [0.25, 0.3) is 0 Å². The van der Waals surface area contributed by atoms with Gasteiger partial charge in [-0.2, -0.15) is 0 Å². The summed E-state index contributed by atoms with van der Waals surface area (Å²) in [5.41, 5.74) is 0. The summed E-state index contributed by atoms with van der Waals surface area (Å²) in [5, 5.41) is 0. The minimum Gasteiger partial charge on any atom is -0.462 e. The largest absolute Gasteiger partial charge is 0.462 e. The van der Waals surface area contributed by atoms with Gasteiger partial charge in [0.2, 0.25) is 0 Å². The molecule has 0 spiro atoms. The van der Waals surface area contributed by atoms with Gasteiger partial charge in [-0.15, -0.1) is 0 Å². The van der Waals surface area contributed by atoms with E-state index in [1.807, 2.05) is 0 Å². The predicted octanol–water partition coefficient (Wildman–Crippen LogP) is 23.9. The van der Waals surface area contributed by atoms with Crippen molar-refractivity contribution in [2.75, 3.05) is 13.2 Å². The van der Waals surface area contributed by atoms with Gasteiger partial charge in [0.05, 0.1) is 0 Å². The summed E-state index contributed by atoms with van der Waals surface area (Å²) >= 11 is 0. The highest BCUT2D eigenvalue weighted by atomic mass is 16.6. The molecular weight excluding hydrogens is 961 g/mol. The number of rotatable bonds is 65. The van der Waals surface area contributed by atoms with Gasteiger partial charge in [-0.3, -0.25) is 14.4 Å². The maximum absolute atomic E-state index is 12.9. The normalized spacial score (nSPS) is 12.2. The van der Waals surface area contributed by atoms with Crippen molar-refractivity contribution in [2.45, 2.75) is 393 Å². The highest BCUT2D eigenvalue weighted by Gasteiger charge is 2.19. The monoisotopic (exact) mass is 1100 g/mol. The maximum atomic E-state index is 12.9. The van der Waals surface area contributed by atoms with Crippen molar-refractivity contribution >= 4 is 17.9 Å². The standard InChI is InChI=1S/C72H134O6/c1-4-7-10-13-16-19-22-25-28-30-32-34-35-36-37-39-40-42-44-47-50-53-56-59-62-65-71(74)77-68-69(67-76-70(73)64-61-58-55-52-49-46-27-24-21-18-15-12-9-6-3)78-72(75)66-63-60-57-54-51-48-45-43-41-38-33-31-29-26-23-20-17-14-11-8-5-2/h15,18,24,27,31,33,69H,4-14,16-17,19-23,25-26,28-30,32,34-68H2,1-3H3/b18-15-,27-24-,33-31-. The van der Waals surface area contributed by atoms with E-state index in [2.05, 4.69) is 57.2 Å². The summed E-state index contributed by atoms with van der Waals surface area (Å²) < 4.78 is 17.0. The number of allylic oxidation sites excluding steroid dienone is 6. The Morgan fingerprint density at radius 2 is 0.474 bits per heavy atom. The van der Waals surface area contributed by atoms with E-state index >= 15 is 0 Å². The lowest BCUT2D eigenvalue weighted by Crippen LogP contribution is -2.30. The minimum atomic E-state index is -0.778. The van der Waals surface area contributed by atoms with Crippen LogP contribution >= 0.6 is 0 Å². The third-order valence-electron chi connectivity index (χ3n) is 15.9. The molecule has 6 heteroatoms. The zero-order valence-electron chi connectivity index (χ0n) is 52.7. The Kier molecular flexibility index (Phi) is 65.1. The Morgan fingerprint density at radius 3 is 0.756 bits per heavy atom. The number of carbonyl (C=O) groups is 3. The molecule has 0 bridgehead atoms. The lowest BCUT2D eigenvalue weighted by molar-refractivity contribution is -0.167. The van der Waals surface area contributed by atoms with E-state index in [9.17, 15) is 14.4 Å². The molecule has 1 atom stereocenters.